The Labute approximate surface area is 213 Å². The fourth-order valence-corrected chi connectivity index (χ4v) is 6.06. The maximum absolute atomic E-state index is 14.8. The smallest absolute Gasteiger partial charge is 0.227 e. The van der Waals surface area contributed by atoms with E-state index in [-0.39, 0.29) is 29.2 Å². The Morgan fingerprint density at radius 1 is 1.00 bits per heavy atom. The molecule has 2 saturated heterocycles. The number of carbonyl (C=O) groups is 1. The third kappa shape index (κ3) is 4.75. The number of ether oxygens (including phenoxy) is 1. The first kappa shape index (κ1) is 26.6. The van der Waals surface area contributed by atoms with E-state index in [4.69, 9.17) is 4.74 Å². The second-order valence-corrected chi connectivity index (χ2v) is 11.6. The number of aliphatic hydroxyl groups is 1. The topological polar surface area (TPSA) is 53.0 Å². The zero-order chi connectivity index (χ0) is 26.4. The number of methoxy groups -OCH3 is 1. The summed E-state index contributed by atoms with van der Waals surface area (Å²) in [4.78, 5) is 18.0. The van der Waals surface area contributed by atoms with Crippen LogP contribution < -0.4 is 4.74 Å². The molecule has 36 heavy (non-hydrogen) atoms. The molecule has 0 aromatic heterocycles. The summed E-state index contributed by atoms with van der Waals surface area (Å²) >= 11 is 0. The first-order valence-electron chi connectivity index (χ1n) is 12.7. The SMILES string of the molecule is COc1ccc(C2(O)[C@H](C)CN(C(=O)[C@@H]3CN(C(C)(C)C)C[C@H]3c3ccc(F)cc3F)C[C@@H]2C)cc1. The van der Waals surface area contributed by atoms with Crippen LogP contribution >= 0.6 is 0 Å². The minimum atomic E-state index is -1.08. The van der Waals surface area contributed by atoms with E-state index < -0.39 is 23.2 Å². The summed E-state index contributed by atoms with van der Waals surface area (Å²) in [5.74, 6) is -1.78. The van der Waals surface area contributed by atoms with Crippen LogP contribution in [0, 0.1) is 29.4 Å². The van der Waals surface area contributed by atoms with Gasteiger partial charge >= 0.3 is 0 Å². The normalized spacial score (nSPS) is 29.4. The van der Waals surface area contributed by atoms with Gasteiger partial charge in [0.05, 0.1) is 18.6 Å². The van der Waals surface area contributed by atoms with E-state index in [1.807, 2.05) is 43.0 Å². The lowest BCUT2D eigenvalue weighted by Crippen LogP contribution is -2.57. The van der Waals surface area contributed by atoms with E-state index in [2.05, 4.69) is 25.7 Å². The van der Waals surface area contributed by atoms with Crippen LogP contribution in [-0.4, -0.2) is 59.6 Å². The van der Waals surface area contributed by atoms with E-state index in [1.165, 1.54) is 12.1 Å². The van der Waals surface area contributed by atoms with E-state index in [1.54, 1.807) is 7.11 Å². The molecule has 2 aliphatic rings. The van der Waals surface area contributed by atoms with Gasteiger partial charge in [0.15, 0.2) is 0 Å². The number of benzene rings is 2. The van der Waals surface area contributed by atoms with Crippen molar-refractivity contribution in [3.05, 3.63) is 65.2 Å². The van der Waals surface area contributed by atoms with Crippen molar-refractivity contribution >= 4 is 5.91 Å². The highest BCUT2D eigenvalue weighted by atomic mass is 19.1. The Morgan fingerprint density at radius 2 is 1.61 bits per heavy atom. The molecule has 5 nitrogen and oxygen atoms in total. The van der Waals surface area contributed by atoms with Crippen LogP contribution in [0.25, 0.3) is 0 Å². The lowest BCUT2D eigenvalue weighted by Gasteiger charge is -2.48. The van der Waals surface area contributed by atoms with Crippen molar-refractivity contribution < 1.29 is 23.4 Å². The maximum atomic E-state index is 14.8. The molecular formula is C29H38F2N2O3. The molecule has 2 aromatic rings. The molecule has 5 atom stereocenters. The zero-order valence-electron chi connectivity index (χ0n) is 22.1. The molecule has 1 N–H and O–H groups in total. The number of nitrogens with zero attached hydrogens (tertiary/aromatic N) is 2. The van der Waals surface area contributed by atoms with E-state index in [0.717, 1.165) is 17.4 Å². The predicted molar refractivity (Wildman–Crippen MR) is 136 cm³/mol. The van der Waals surface area contributed by atoms with Gasteiger partial charge in [0.1, 0.15) is 17.4 Å². The highest BCUT2D eigenvalue weighted by Crippen LogP contribution is 2.44. The second kappa shape index (κ2) is 9.75. The molecule has 2 aromatic carbocycles. The molecule has 2 fully saturated rings. The van der Waals surface area contributed by atoms with Crippen LogP contribution in [-0.2, 0) is 10.4 Å². The number of rotatable bonds is 4. The molecule has 7 heteroatoms. The van der Waals surface area contributed by atoms with Gasteiger partial charge in [-0.2, -0.15) is 0 Å². The Morgan fingerprint density at radius 3 is 2.14 bits per heavy atom. The summed E-state index contributed by atoms with van der Waals surface area (Å²) in [6.07, 6.45) is 0. The molecule has 4 rings (SSSR count). The molecule has 0 bridgehead atoms. The van der Waals surface area contributed by atoms with Crippen molar-refractivity contribution in [2.45, 2.75) is 51.7 Å². The number of halogens is 2. The van der Waals surface area contributed by atoms with Gasteiger partial charge in [0.25, 0.3) is 0 Å². The van der Waals surface area contributed by atoms with Crippen LogP contribution in [0.5, 0.6) is 5.75 Å². The fourth-order valence-electron chi connectivity index (χ4n) is 6.06. The molecule has 196 valence electrons. The van der Waals surface area contributed by atoms with Crippen LogP contribution in [0.4, 0.5) is 8.78 Å². The van der Waals surface area contributed by atoms with Gasteiger partial charge in [-0.1, -0.05) is 32.0 Å². The van der Waals surface area contributed by atoms with E-state index >= 15 is 0 Å². The third-order valence-electron chi connectivity index (χ3n) is 8.30. The molecule has 0 aliphatic carbocycles. The summed E-state index contributed by atoms with van der Waals surface area (Å²) in [7, 11) is 1.61. The average Bonchev–Trinajstić information content (AvgIpc) is 3.27. The molecule has 0 radical (unpaired) electrons. The van der Waals surface area contributed by atoms with Crippen molar-refractivity contribution in [1.29, 1.82) is 0 Å². The quantitative estimate of drug-likeness (QED) is 0.656. The van der Waals surface area contributed by atoms with Gasteiger partial charge in [0.2, 0.25) is 5.91 Å². The van der Waals surface area contributed by atoms with Crippen molar-refractivity contribution in [1.82, 2.24) is 9.80 Å². The maximum Gasteiger partial charge on any atom is 0.227 e. The summed E-state index contributed by atoms with van der Waals surface area (Å²) in [5, 5.41) is 11.8. The molecule has 1 unspecified atom stereocenters. The average molecular weight is 501 g/mol. The summed E-state index contributed by atoms with van der Waals surface area (Å²) < 4.78 is 33.7. The van der Waals surface area contributed by atoms with Gasteiger partial charge < -0.3 is 14.7 Å². The van der Waals surface area contributed by atoms with Gasteiger partial charge in [-0.25, -0.2) is 8.78 Å². The number of carbonyl (C=O) groups excluding carboxylic acids is 1. The number of hydrogen-bond donors (Lipinski definition) is 1. The summed E-state index contributed by atoms with van der Waals surface area (Å²) in [6.45, 7) is 12.0. The molecule has 0 spiro atoms. The highest BCUT2D eigenvalue weighted by molar-refractivity contribution is 5.81. The van der Waals surface area contributed by atoms with E-state index in [9.17, 15) is 18.7 Å². The number of amides is 1. The van der Waals surface area contributed by atoms with E-state index in [0.29, 0.717) is 31.7 Å². The Balaban J connectivity index is 1.60. The monoisotopic (exact) mass is 500 g/mol. The van der Waals surface area contributed by atoms with Crippen LogP contribution in [0.1, 0.15) is 51.7 Å². The lowest BCUT2D eigenvalue weighted by atomic mass is 9.70. The van der Waals surface area contributed by atoms with Gasteiger partial charge in [-0.3, -0.25) is 9.69 Å². The zero-order valence-corrected chi connectivity index (χ0v) is 22.1. The number of likely N-dealkylation sites (tertiary alicyclic amines) is 2. The van der Waals surface area contributed by atoms with Crippen molar-refractivity contribution in [3.63, 3.8) is 0 Å². The van der Waals surface area contributed by atoms with Gasteiger partial charge in [-0.05, 0) is 50.1 Å². The minimum Gasteiger partial charge on any atom is -0.497 e. The largest absolute Gasteiger partial charge is 0.497 e. The summed E-state index contributed by atoms with van der Waals surface area (Å²) in [5.41, 5.74) is -0.0877. The number of hydrogen-bond acceptors (Lipinski definition) is 4. The van der Waals surface area contributed by atoms with Crippen molar-refractivity contribution in [2.24, 2.45) is 17.8 Å². The molecule has 1 amide bonds. The Hall–Kier alpha value is -2.51. The third-order valence-corrected chi connectivity index (χ3v) is 8.30. The van der Waals surface area contributed by atoms with Gasteiger partial charge in [-0.15, -0.1) is 0 Å². The van der Waals surface area contributed by atoms with Crippen LogP contribution in [0.3, 0.4) is 0 Å². The van der Waals surface area contributed by atoms with Crippen LogP contribution in [0.2, 0.25) is 0 Å². The minimum absolute atomic E-state index is 0.0362. The summed E-state index contributed by atoms with van der Waals surface area (Å²) in [6, 6.07) is 11.1. The predicted octanol–water partition coefficient (Wildman–Crippen LogP) is 4.79. The Bertz CT molecular complexity index is 1090. The van der Waals surface area contributed by atoms with Crippen molar-refractivity contribution in [2.75, 3.05) is 33.3 Å². The number of piperidine rings is 1. The highest BCUT2D eigenvalue weighted by Gasteiger charge is 2.50. The molecule has 2 aliphatic heterocycles. The first-order valence-corrected chi connectivity index (χ1v) is 12.7. The standard InChI is InChI=1S/C29H38F2N2O3/c1-18-14-32(15-19(2)29(18,35)20-7-10-22(36-6)11-8-20)27(34)25-17-33(28(3,4)5)16-24(25)23-12-9-21(30)13-26(23)31/h7-13,18-19,24-25,35H,14-17H2,1-6H3/t18-,19+,24-,25+,29?/m0/s1. The lowest BCUT2D eigenvalue weighted by molar-refractivity contribution is -0.152. The van der Waals surface area contributed by atoms with Gasteiger partial charge in [0, 0.05) is 55.5 Å². The van der Waals surface area contributed by atoms with Crippen molar-refractivity contribution in [3.8, 4) is 5.75 Å². The van der Waals surface area contributed by atoms with Crippen LogP contribution in [0.15, 0.2) is 42.5 Å². The Kier molecular flexibility index (Phi) is 7.19. The first-order chi connectivity index (χ1) is 16.9. The molecule has 2 heterocycles. The fraction of sp³-hybridized carbons (Fsp3) is 0.552. The second-order valence-electron chi connectivity index (χ2n) is 11.6. The molecule has 0 saturated carbocycles. The molecular weight excluding hydrogens is 462 g/mol.